The summed E-state index contributed by atoms with van der Waals surface area (Å²) in [6.07, 6.45) is 4.27. The standard InChI is InChI=1S/C6H5N4/c1-2-5(7-3-1)6-8-4-9-10-6/h1-3,7H,(H,8,9,10). The Morgan fingerprint density at radius 3 is 3.10 bits per heavy atom. The van der Waals surface area contributed by atoms with E-state index in [1.165, 1.54) is 0 Å². The molecule has 2 aromatic heterocycles. The molecule has 0 saturated carbocycles. The molecule has 10 heavy (non-hydrogen) atoms. The highest BCUT2D eigenvalue weighted by atomic mass is 15.2. The van der Waals surface area contributed by atoms with Crippen molar-refractivity contribution in [3.63, 3.8) is 0 Å². The molecule has 0 saturated heterocycles. The Morgan fingerprint density at radius 1 is 1.50 bits per heavy atom. The zero-order valence-electron chi connectivity index (χ0n) is 5.13. The van der Waals surface area contributed by atoms with Crippen LogP contribution in [0, 0.1) is 6.33 Å². The van der Waals surface area contributed by atoms with E-state index in [1.807, 2.05) is 18.3 Å². The topological polar surface area (TPSA) is 57.4 Å². The van der Waals surface area contributed by atoms with E-state index < -0.39 is 0 Å². The van der Waals surface area contributed by atoms with Gasteiger partial charge in [-0.25, -0.2) is 4.98 Å². The van der Waals surface area contributed by atoms with Crippen LogP contribution < -0.4 is 0 Å². The molecule has 1 radical (unpaired) electrons. The summed E-state index contributed by atoms with van der Waals surface area (Å²) in [4.78, 5) is 6.82. The summed E-state index contributed by atoms with van der Waals surface area (Å²) in [5.41, 5.74) is 0.925. The first-order chi connectivity index (χ1) is 4.97. The first kappa shape index (κ1) is 5.22. The second kappa shape index (κ2) is 1.98. The van der Waals surface area contributed by atoms with Crippen molar-refractivity contribution in [3.05, 3.63) is 24.7 Å². The van der Waals surface area contributed by atoms with Crippen molar-refractivity contribution in [1.29, 1.82) is 0 Å². The van der Waals surface area contributed by atoms with Gasteiger partial charge in [-0.1, -0.05) is 0 Å². The lowest BCUT2D eigenvalue weighted by molar-refractivity contribution is 1.08. The van der Waals surface area contributed by atoms with Gasteiger partial charge in [0, 0.05) is 6.20 Å². The van der Waals surface area contributed by atoms with Crippen molar-refractivity contribution >= 4 is 0 Å². The van der Waals surface area contributed by atoms with Gasteiger partial charge in [-0.05, 0) is 12.1 Å². The third-order valence-electron chi connectivity index (χ3n) is 1.23. The highest BCUT2D eigenvalue weighted by Crippen LogP contribution is 2.07. The van der Waals surface area contributed by atoms with Crippen LogP contribution in [0.4, 0.5) is 0 Å². The minimum Gasteiger partial charge on any atom is -0.359 e. The molecule has 4 heteroatoms. The average molecular weight is 133 g/mol. The molecule has 0 fully saturated rings. The molecule has 49 valence electrons. The van der Waals surface area contributed by atoms with Crippen LogP contribution in [-0.4, -0.2) is 20.2 Å². The summed E-state index contributed by atoms with van der Waals surface area (Å²) in [5.74, 6) is 0.713. The molecule has 2 rings (SSSR count). The molecule has 2 aromatic rings. The molecule has 2 N–H and O–H groups in total. The Labute approximate surface area is 57.3 Å². The van der Waals surface area contributed by atoms with Crippen LogP contribution in [0.5, 0.6) is 0 Å². The minimum atomic E-state index is 0.713. The molecule has 0 amide bonds. The molecule has 0 aliphatic heterocycles. The van der Waals surface area contributed by atoms with E-state index >= 15 is 0 Å². The van der Waals surface area contributed by atoms with Gasteiger partial charge < -0.3 is 4.98 Å². The molecule has 0 unspecified atom stereocenters. The molecule has 2 heterocycles. The summed E-state index contributed by atoms with van der Waals surface area (Å²) in [6, 6.07) is 3.81. The number of aromatic nitrogens is 4. The highest BCUT2D eigenvalue weighted by Gasteiger charge is 1.97. The van der Waals surface area contributed by atoms with Gasteiger partial charge in [-0.3, -0.25) is 5.10 Å². The lowest BCUT2D eigenvalue weighted by Crippen LogP contribution is -1.78. The van der Waals surface area contributed by atoms with Crippen LogP contribution in [0.2, 0.25) is 0 Å². The Morgan fingerprint density at radius 2 is 2.50 bits per heavy atom. The van der Waals surface area contributed by atoms with Gasteiger partial charge >= 0.3 is 0 Å². The Kier molecular flexibility index (Phi) is 1.04. The number of hydrogen-bond acceptors (Lipinski definition) is 2. The maximum absolute atomic E-state index is 3.84. The first-order valence-corrected chi connectivity index (χ1v) is 2.89. The van der Waals surface area contributed by atoms with E-state index in [-0.39, 0.29) is 0 Å². The average Bonchev–Trinajstić information content (AvgIpc) is 2.59. The Hall–Kier alpha value is -1.58. The first-order valence-electron chi connectivity index (χ1n) is 2.89. The molecule has 0 atom stereocenters. The monoisotopic (exact) mass is 133 g/mol. The summed E-state index contributed by atoms with van der Waals surface area (Å²) in [7, 11) is 0. The van der Waals surface area contributed by atoms with Gasteiger partial charge in [-0.2, -0.15) is 0 Å². The SMILES string of the molecule is [c]1n[nH]c(-c2ccc[nH]2)n1. The highest BCUT2D eigenvalue weighted by molar-refractivity contribution is 5.47. The fourth-order valence-electron chi connectivity index (χ4n) is 0.776. The molecule has 0 aliphatic rings. The van der Waals surface area contributed by atoms with Gasteiger partial charge in [0.2, 0.25) is 6.33 Å². The quantitative estimate of drug-likeness (QED) is 0.598. The summed E-state index contributed by atoms with van der Waals surface area (Å²) >= 11 is 0. The fraction of sp³-hybridized carbons (Fsp3) is 0. The van der Waals surface area contributed by atoms with Crippen molar-refractivity contribution in [1.82, 2.24) is 20.2 Å². The van der Waals surface area contributed by atoms with Gasteiger partial charge in [0.15, 0.2) is 5.82 Å². The van der Waals surface area contributed by atoms with Crippen LogP contribution in [0.3, 0.4) is 0 Å². The van der Waals surface area contributed by atoms with E-state index in [2.05, 4.69) is 26.5 Å². The van der Waals surface area contributed by atoms with Crippen molar-refractivity contribution < 1.29 is 0 Å². The molecule has 0 bridgehead atoms. The lowest BCUT2D eigenvalue weighted by atomic mass is 10.4. The van der Waals surface area contributed by atoms with Crippen LogP contribution in [-0.2, 0) is 0 Å². The van der Waals surface area contributed by atoms with E-state index in [1.54, 1.807) is 0 Å². The van der Waals surface area contributed by atoms with Gasteiger partial charge in [-0.15, -0.1) is 5.10 Å². The minimum absolute atomic E-state index is 0.713. The molecule has 4 nitrogen and oxygen atoms in total. The van der Waals surface area contributed by atoms with Crippen LogP contribution in [0.15, 0.2) is 18.3 Å². The molecule has 0 aliphatic carbocycles. The van der Waals surface area contributed by atoms with Crippen molar-refractivity contribution in [3.8, 4) is 11.5 Å². The van der Waals surface area contributed by atoms with Gasteiger partial charge in [0.1, 0.15) is 0 Å². The molecule has 0 aromatic carbocycles. The van der Waals surface area contributed by atoms with Crippen molar-refractivity contribution in [2.24, 2.45) is 0 Å². The molecule has 0 spiro atoms. The van der Waals surface area contributed by atoms with Crippen molar-refractivity contribution in [2.45, 2.75) is 0 Å². The molecular weight excluding hydrogens is 128 g/mol. The summed E-state index contributed by atoms with van der Waals surface area (Å²) in [6.45, 7) is 0. The van der Waals surface area contributed by atoms with E-state index in [0.29, 0.717) is 5.82 Å². The fourth-order valence-corrected chi connectivity index (χ4v) is 0.776. The number of nitrogens with zero attached hydrogens (tertiary/aromatic N) is 2. The van der Waals surface area contributed by atoms with Crippen LogP contribution in [0.1, 0.15) is 0 Å². The van der Waals surface area contributed by atoms with Gasteiger partial charge in [0.05, 0.1) is 5.69 Å². The Balaban J connectivity index is 2.48. The number of nitrogens with one attached hydrogen (secondary N) is 2. The van der Waals surface area contributed by atoms with E-state index in [9.17, 15) is 0 Å². The number of rotatable bonds is 1. The zero-order valence-corrected chi connectivity index (χ0v) is 5.13. The second-order valence-corrected chi connectivity index (χ2v) is 1.87. The third kappa shape index (κ3) is 0.699. The maximum Gasteiger partial charge on any atom is 0.221 e. The summed E-state index contributed by atoms with van der Waals surface area (Å²) in [5, 5.41) is 6.29. The van der Waals surface area contributed by atoms with Crippen LogP contribution in [0.25, 0.3) is 11.5 Å². The smallest absolute Gasteiger partial charge is 0.221 e. The second-order valence-electron chi connectivity index (χ2n) is 1.87. The van der Waals surface area contributed by atoms with Crippen LogP contribution >= 0.6 is 0 Å². The predicted octanol–water partition coefficient (Wildman–Crippen LogP) is 0.600. The normalized spacial score (nSPS) is 10.0. The van der Waals surface area contributed by atoms with Crippen molar-refractivity contribution in [2.75, 3.05) is 0 Å². The van der Waals surface area contributed by atoms with E-state index in [0.717, 1.165) is 5.69 Å². The Bertz CT molecular complexity index is 249. The summed E-state index contributed by atoms with van der Waals surface area (Å²) < 4.78 is 0. The maximum atomic E-state index is 3.84. The lowest BCUT2D eigenvalue weighted by Gasteiger charge is -1.85. The largest absolute Gasteiger partial charge is 0.359 e. The number of aromatic amines is 2. The van der Waals surface area contributed by atoms with Gasteiger partial charge in [0.25, 0.3) is 0 Å². The predicted molar refractivity (Wildman–Crippen MR) is 35.0 cm³/mol. The van der Waals surface area contributed by atoms with E-state index in [4.69, 9.17) is 0 Å². The number of H-pyrrole nitrogens is 2. The zero-order chi connectivity index (χ0) is 6.81. The molecular formula is C6H5N4. The third-order valence-corrected chi connectivity index (χ3v) is 1.23. The number of hydrogen-bond donors (Lipinski definition) is 2.